The molecule has 0 aliphatic heterocycles. The van der Waals surface area contributed by atoms with E-state index in [4.69, 9.17) is 4.74 Å². The molecule has 0 radical (unpaired) electrons. The van der Waals surface area contributed by atoms with Crippen LogP contribution in [0.25, 0.3) is 0 Å². The third-order valence-electron chi connectivity index (χ3n) is 3.56. The van der Waals surface area contributed by atoms with Crippen LogP contribution in [0.4, 0.5) is 11.4 Å². The van der Waals surface area contributed by atoms with E-state index in [1.807, 2.05) is 24.3 Å². The summed E-state index contributed by atoms with van der Waals surface area (Å²) >= 11 is 0. The van der Waals surface area contributed by atoms with Crippen LogP contribution in [0.2, 0.25) is 0 Å². The van der Waals surface area contributed by atoms with E-state index < -0.39 is 0 Å². The molecule has 5 heteroatoms. The molecule has 0 heterocycles. The minimum Gasteiger partial charge on any atom is -0.484 e. The Morgan fingerprint density at radius 2 is 1.38 bits per heavy atom. The molecule has 130 valence electrons. The maximum atomic E-state index is 12.2. The zero-order chi connectivity index (χ0) is 18.2. The molecule has 0 aromatic heterocycles. The van der Waals surface area contributed by atoms with Crippen LogP contribution in [-0.2, 0) is 4.79 Å². The number of ether oxygens (including phenoxy) is 1. The first-order valence-electron chi connectivity index (χ1n) is 8.15. The maximum absolute atomic E-state index is 12.2. The molecule has 0 bridgehead atoms. The highest BCUT2D eigenvalue weighted by atomic mass is 16.5. The van der Waals surface area contributed by atoms with Crippen molar-refractivity contribution in [2.45, 2.75) is 0 Å². The van der Waals surface area contributed by atoms with Crippen molar-refractivity contribution in [3.8, 4) is 5.75 Å². The van der Waals surface area contributed by atoms with Crippen molar-refractivity contribution < 1.29 is 14.3 Å². The molecule has 3 rings (SSSR count). The molecular formula is C21H18N2O3. The van der Waals surface area contributed by atoms with Crippen molar-refractivity contribution in [1.29, 1.82) is 0 Å². The van der Waals surface area contributed by atoms with Crippen molar-refractivity contribution in [2.24, 2.45) is 0 Å². The number of anilines is 2. The molecule has 3 aromatic rings. The van der Waals surface area contributed by atoms with Gasteiger partial charge >= 0.3 is 0 Å². The first-order chi connectivity index (χ1) is 12.7. The number of hydrogen-bond donors (Lipinski definition) is 2. The number of rotatable bonds is 6. The summed E-state index contributed by atoms with van der Waals surface area (Å²) in [6, 6.07) is 25.0. The van der Waals surface area contributed by atoms with Gasteiger partial charge in [-0.1, -0.05) is 42.5 Å². The first kappa shape index (κ1) is 17.2. The van der Waals surface area contributed by atoms with Gasteiger partial charge in [0, 0.05) is 23.0 Å². The molecule has 2 N–H and O–H groups in total. The third-order valence-corrected chi connectivity index (χ3v) is 3.56. The number of benzene rings is 3. The summed E-state index contributed by atoms with van der Waals surface area (Å²) in [6.45, 7) is -0.120. The Bertz CT molecular complexity index is 880. The van der Waals surface area contributed by atoms with Crippen LogP contribution < -0.4 is 15.4 Å². The molecule has 2 amide bonds. The summed E-state index contributed by atoms with van der Waals surface area (Å²) in [7, 11) is 0. The minimum absolute atomic E-state index is 0.120. The van der Waals surface area contributed by atoms with Crippen molar-refractivity contribution in [3.05, 3.63) is 90.5 Å². The second kappa shape index (κ2) is 8.48. The van der Waals surface area contributed by atoms with Gasteiger partial charge in [0.25, 0.3) is 11.8 Å². The van der Waals surface area contributed by atoms with Crippen molar-refractivity contribution in [1.82, 2.24) is 0 Å². The minimum atomic E-state index is -0.255. The van der Waals surface area contributed by atoms with Gasteiger partial charge in [-0.25, -0.2) is 0 Å². The van der Waals surface area contributed by atoms with Gasteiger partial charge in [-0.05, 0) is 36.4 Å². The van der Waals surface area contributed by atoms with Gasteiger partial charge < -0.3 is 15.4 Å². The zero-order valence-electron chi connectivity index (χ0n) is 14.0. The number of nitrogens with one attached hydrogen (secondary N) is 2. The first-order valence-corrected chi connectivity index (χ1v) is 8.15. The Morgan fingerprint density at radius 1 is 0.731 bits per heavy atom. The lowest BCUT2D eigenvalue weighted by atomic mass is 10.2. The van der Waals surface area contributed by atoms with Gasteiger partial charge in [0.15, 0.2) is 6.61 Å². The fourth-order valence-corrected chi connectivity index (χ4v) is 2.32. The third kappa shape index (κ3) is 4.95. The van der Waals surface area contributed by atoms with Crippen LogP contribution in [0.15, 0.2) is 84.9 Å². The molecule has 0 aliphatic carbocycles. The number of carbonyl (C=O) groups is 2. The van der Waals surface area contributed by atoms with E-state index in [0.29, 0.717) is 22.7 Å². The highest BCUT2D eigenvalue weighted by Crippen LogP contribution is 2.18. The summed E-state index contributed by atoms with van der Waals surface area (Å²) in [5.74, 6) is 0.0403. The van der Waals surface area contributed by atoms with E-state index in [2.05, 4.69) is 10.6 Å². The highest BCUT2D eigenvalue weighted by Gasteiger charge is 2.07. The van der Waals surface area contributed by atoms with E-state index in [9.17, 15) is 9.59 Å². The van der Waals surface area contributed by atoms with Crippen LogP contribution in [0.1, 0.15) is 10.4 Å². The summed E-state index contributed by atoms with van der Waals surface area (Å²) in [4.78, 5) is 24.1. The number of amides is 2. The number of hydrogen-bond acceptors (Lipinski definition) is 3. The molecule has 3 aromatic carbocycles. The predicted molar refractivity (Wildman–Crippen MR) is 101 cm³/mol. The summed E-state index contributed by atoms with van der Waals surface area (Å²) in [5, 5.41) is 5.55. The number of carbonyl (C=O) groups excluding carboxylic acids is 2. The summed E-state index contributed by atoms with van der Waals surface area (Å²) in [6.07, 6.45) is 0. The highest BCUT2D eigenvalue weighted by molar-refractivity contribution is 6.04. The second-order valence-electron chi connectivity index (χ2n) is 5.55. The molecule has 26 heavy (non-hydrogen) atoms. The van der Waals surface area contributed by atoms with E-state index in [0.717, 1.165) is 0 Å². The molecule has 0 aliphatic rings. The van der Waals surface area contributed by atoms with Gasteiger partial charge in [-0.15, -0.1) is 0 Å². The molecule has 0 spiro atoms. The smallest absolute Gasteiger partial charge is 0.262 e. The Labute approximate surface area is 151 Å². The Hall–Kier alpha value is -3.60. The standard InChI is InChI=1S/C21H18N2O3/c24-20(22-17-10-5-2-6-11-17)15-26-19-13-7-12-18(14-19)23-21(25)16-8-3-1-4-9-16/h1-14H,15H2,(H,22,24)(H,23,25). The van der Waals surface area contributed by atoms with Gasteiger partial charge in [0.05, 0.1) is 0 Å². The second-order valence-corrected chi connectivity index (χ2v) is 5.55. The lowest BCUT2D eigenvalue weighted by molar-refractivity contribution is -0.118. The summed E-state index contributed by atoms with van der Waals surface area (Å²) < 4.78 is 5.50. The Balaban J connectivity index is 1.55. The van der Waals surface area contributed by atoms with E-state index in [1.54, 1.807) is 60.7 Å². The van der Waals surface area contributed by atoms with Crippen LogP contribution in [0, 0.1) is 0 Å². The van der Waals surface area contributed by atoms with Gasteiger partial charge in [-0.3, -0.25) is 9.59 Å². The lowest BCUT2D eigenvalue weighted by Gasteiger charge is -2.10. The van der Waals surface area contributed by atoms with Gasteiger partial charge in [0.2, 0.25) is 0 Å². The van der Waals surface area contributed by atoms with Crippen LogP contribution in [0.5, 0.6) is 5.75 Å². The number of para-hydroxylation sites is 1. The monoisotopic (exact) mass is 346 g/mol. The van der Waals surface area contributed by atoms with Crippen molar-refractivity contribution in [2.75, 3.05) is 17.2 Å². The zero-order valence-corrected chi connectivity index (χ0v) is 14.0. The fraction of sp³-hybridized carbons (Fsp3) is 0.0476. The summed E-state index contributed by atoms with van der Waals surface area (Å²) in [5.41, 5.74) is 1.88. The largest absolute Gasteiger partial charge is 0.484 e. The van der Waals surface area contributed by atoms with Crippen LogP contribution in [-0.4, -0.2) is 18.4 Å². The molecule has 0 atom stereocenters. The van der Waals surface area contributed by atoms with Crippen molar-refractivity contribution >= 4 is 23.2 Å². The fourth-order valence-electron chi connectivity index (χ4n) is 2.32. The Kier molecular flexibility index (Phi) is 5.62. The van der Waals surface area contributed by atoms with Crippen molar-refractivity contribution in [3.63, 3.8) is 0 Å². The van der Waals surface area contributed by atoms with Gasteiger partial charge in [0.1, 0.15) is 5.75 Å². The van der Waals surface area contributed by atoms with Crippen LogP contribution in [0.3, 0.4) is 0 Å². The van der Waals surface area contributed by atoms with E-state index in [-0.39, 0.29) is 18.4 Å². The van der Waals surface area contributed by atoms with Gasteiger partial charge in [-0.2, -0.15) is 0 Å². The average molecular weight is 346 g/mol. The average Bonchev–Trinajstić information content (AvgIpc) is 2.68. The molecule has 0 saturated carbocycles. The molecule has 0 fully saturated rings. The lowest BCUT2D eigenvalue weighted by Crippen LogP contribution is -2.20. The molecule has 5 nitrogen and oxygen atoms in total. The van der Waals surface area contributed by atoms with Crippen LogP contribution >= 0.6 is 0 Å². The Morgan fingerprint density at radius 3 is 2.12 bits per heavy atom. The molecule has 0 saturated heterocycles. The normalized spacial score (nSPS) is 10.0. The predicted octanol–water partition coefficient (Wildman–Crippen LogP) is 3.96. The SMILES string of the molecule is O=C(COc1cccc(NC(=O)c2ccccc2)c1)Nc1ccccc1. The maximum Gasteiger partial charge on any atom is 0.262 e. The molecular weight excluding hydrogens is 328 g/mol. The van der Waals surface area contributed by atoms with E-state index in [1.165, 1.54) is 0 Å². The molecule has 0 unspecified atom stereocenters. The quantitative estimate of drug-likeness (QED) is 0.710. The van der Waals surface area contributed by atoms with E-state index >= 15 is 0 Å². The topological polar surface area (TPSA) is 67.4 Å².